The van der Waals surface area contributed by atoms with Crippen molar-refractivity contribution < 1.29 is 18.0 Å². The molecule has 0 spiro atoms. The van der Waals surface area contributed by atoms with Crippen LogP contribution in [0.25, 0.3) is 0 Å². The van der Waals surface area contributed by atoms with E-state index < -0.39 is 11.7 Å². The standard InChI is InChI=1S/C9H5F3OS/c10-9(11,12)6-3-1-2-5-7(13)4-14-8(5)6/h1-3H,4H2. The molecule has 1 aliphatic heterocycles. The third kappa shape index (κ3) is 1.41. The number of thioether (sulfide) groups is 1. The predicted molar refractivity (Wildman–Crippen MR) is 46.5 cm³/mol. The van der Waals surface area contributed by atoms with Crippen LogP contribution in [0.2, 0.25) is 0 Å². The monoisotopic (exact) mass is 218 g/mol. The van der Waals surface area contributed by atoms with Crippen molar-refractivity contribution in [1.82, 2.24) is 0 Å². The Balaban J connectivity index is 2.60. The minimum Gasteiger partial charge on any atom is -0.293 e. The van der Waals surface area contributed by atoms with Crippen LogP contribution in [0.1, 0.15) is 15.9 Å². The maximum Gasteiger partial charge on any atom is 0.417 e. The quantitative estimate of drug-likeness (QED) is 0.665. The summed E-state index contributed by atoms with van der Waals surface area (Å²) in [4.78, 5) is 11.2. The van der Waals surface area contributed by atoms with Crippen molar-refractivity contribution in [1.29, 1.82) is 0 Å². The van der Waals surface area contributed by atoms with Crippen LogP contribution in [-0.4, -0.2) is 11.5 Å². The molecule has 2 rings (SSSR count). The first kappa shape index (κ1) is 9.58. The summed E-state index contributed by atoms with van der Waals surface area (Å²) in [5.41, 5.74) is -0.504. The van der Waals surface area contributed by atoms with Crippen molar-refractivity contribution in [2.45, 2.75) is 11.1 Å². The van der Waals surface area contributed by atoms with E-state index in [0.717, 1.165) is 17.8 Å². The van der Waals surface area contributed by atoms with Crippen LogP contribution >= 0.6 is 11.8 Å². The molecular formula is C9H5F3OS. The Kier molecular flexibility index (Phi) is 2.06. The van der Waals surface area contributed by atoms with Gasteiger partial charge in [0.25, 0.3) is 0 Å². The second kappa shape index (κ2) is 3.02. The molecule has 1 heterocycles. The Morgan fingerprint density at radius 1 is 1.29 bits per heavy atom. The van der Waals surface area contributed by atoms with E-state index in [1.165, 1.54) is 12.1 Å². The normalized spacial score (nSPS) is 15.8. The molecule has 0 atom stereocenters. The maximum atomic E-state index is 12.4. The minimum atomic E-state index is -4.37. The first-order chi connectivity index (χ1) is 6.50. The first-order valence-electron chi connectivity index (χ1n) is 3.86. The first-order valence-corrected chi connectivity index (χ1v) is 4.85. The van der Waals surface area contributed by atoms with Crippen molar-refractivity contribution in [3.63, 3.8) is 0 Å². The van der Waals surface area contributed by atoms with Gasteiger partial charge in [-0.3, -0.25) is 4.79 Å². The van der Waals surface area contributed by atoms with Gasteiger partial charge in [-0.1, -0.05) is 12.1 Å². The topological polar surface area (TPSA) is 17.1 Å². The largest absolute Gasteiger partial charge is 0.417 e. The van der Waals surface area contributed by atoms with Gasteiger partial charge in [-0.2, -0.15) is 13.2 Å². The number of ketones is 1. The highest BCUT2D eigenvalue weighted by molar-refractivity contribution is 8.00. The van der Waals surface area contributed by atoms with Crippen LogP contribution in [0, 0.1) is 0 Å². The molecule has 1 aliphatic rings. The number of benzene rings is 1. The molecule has 0 radical (unpaired) electrons. The van der Waals surface area contributed by atoms with Crippen molar-refractivity contribution in [3.05, 3.63) is 29.3 Å². The number of rotatable bonds is 0. The molecule has 5 heteroatoms. The molecular weight excluding hydrogens is 213 g/mol. The molecule has 0 aliphatic carbocycles. The number of halogens is 3. The average molecular weight is 218 g/mol. The minimum absolute atomic E-state index is 0.0741. The molecule has 0 saturated carbocycles. The van der Waals surface area contributed by atoms with E-state index in [0.29, 0.717) is 0 Å². The Bertz CT molecular complexity index is 398. The van der Waals surface area contributed by atoms with Gasteiger partial charge in [-0.05, 0) is 6.07 Å². The van der Waals surface area contributed by atoms with E-state index >= 15 is 0 Å². The molecule has 14 heavy (non-hydrogen) atoms. The number of hydrogen-bond donors (Lipinski definition) is 0. The molecule has 0 fully saturated rings. The van der Waals surface area contributed by atoms with Gasteiger partial charge in [0.05, 0.1) is 11.3 Å². The summed E-state index contributed by atoms with van der Waals surface area (Å²) in [7, 11) is 0. The Hall–Kier alpha value is -0.970. The fraction of sp³-hybridized carbons (Fsp3) is 0.222. The van der Waals surface area contributed by atoms with Crippen molar-refractivity contribution >= 4 is 17.5 Å². The molecule has 0 aromatic heterocycles. The van der Waals surface area contributed by atoms with Gasteiger partial charge in [-0.15, -0.1) is 11.8 Å². The molecule has 1 aromatic rings. The van der Waals surface area contributed by atoms with Crippen LogP contribution < -0.4 is 0 Å². The molecule has 0 saturated heterocycles. The number of hydrogen-bond acceptors (Lipinski definition) is 2. The highest BCUT2D eigenvalue weighted by Gasteiger charge is 2.37. The summed E-state index contributed by atoms with van der Waals surface area (Å²) >= 11 is 0.960. The fourth-order valence-corrected chi connectivity index (χ4v) is 2.46. The Morgan fingerprint density at radius 2 is 2.00 bits per heavy atom. The van der Waals surface area contributed by atoms with E-state index in [1.807, 2.05) is 0 Å². The summed E-state index contributed by atoms with van der Waals surface area (Å²) < 4.78 is 37.3. The van der Waals surface area contributed by atoms with Crippen molar-refractivity contribution in [2.24, 2.45) is 0 Å². The number of fused-ring (bicyclic) bond motifs is 1. The summed E-state index contributed by atoms with van der Waals surface area (Å²) in [5.74, 6) is -0.112. The molecule has 1 aromatic carbocycles. The smallest absolute Gasteiger partial charge is 0.293 e. The van der Waals surface area contributed by atoms with E-state index in [1.54, 1.807) is 0 Å². The zero-order valence-electron chi connectivity index (χ0n) is 6.89. The number of Topliss-reactive ketones (excluding diaryl/α,β-unsaturated/α-hetero) is 1. The van der Waals surface area contributed by atoms with Crippen LogP contribution in [-0.2, 0) is 6.18 Å². The lowest BCUT2D eigenvalue weighted by atomic mass is 10.1. The van der Waals surface area contributed by atoms with Crippen molar-refractivity contribution in [2.75, 3.05) is 5.75 Å². The predicted octanol–water partition coefficient (Wildman–Crippen LogP) is 2.99. The number of alkyl halides is 3. The average Bonchev–Trinajstić information content (AvgIpc) is 2.46. The third-order valence-corrected chi connectivity index (χ3v) is 3.10. The van der Waals surface area contributed by atoms with Crippen molar-refractivity contribution in [3.8, 4) is 0 Å². The van der Waals surface area contributed by atoms with Gasteiger partial charge >= 0.3 is 6.18 Å². The molecule has 0 bridgehead atoms. The second-order valence-corrected chi connectivity index (χ2v) is 3.88. The summed E-state index contributed by atoms with van der Waals surface area (Å²) in [5, 5.41) is 0. The molecule has 74 valence electrons. The van der Waals surface area contributed by atoms with Crippen LogP contribution in [0.3, 0.4) is 0 Å². The molecule has 0 unspecified atom stereocenters. The highest BCUT2D eigenvalue weighted by Crippen LogP contribution is 2.41. The SMILES string of the molecule is O=C1CSc2c1cccc2C(F)(F)F. The third-order valence-electron chi connectivity index (χ3n) is 1.97. The van der Waals surface area contributed by atoms with Gasteiger partial charge in [-0.25, -0.2) is 0 Å². The number of carbonyl (C=O) groups is 1. The lowest BCUT2D eigenvalue weighted by molar-refractivity contribution is -0.139. The van der Waals surface area contributed by atoms with E-state index in [9.17, 15) is 18.0 Å². The zero-order chi connectivity index (χ0) is 10.3. The van der Waals surface area contributed by atoms with Crippen LogP contribution in [0.15, 0.2) is 23.1 Å². The van der Waals surface area contributed by atoms with Gasteiger partial charge in [0.1, 0.15) is 0 Å². The van der Waals surface area contributed by atoms with E-state index in [2.05, 4.69) is 0 Å². The van der Waals surface area contributed by atoms with Crippen LogP contribution in [0.4, 0.5) is 13.2 Å². The van der Waals surface area contributed by atoms with Crippen LogP contribution in [0.5, 0.6) is 0 Å². The molecule has 1 nitrogen and oxygen atoms in total. The van der Waals surface area contributed by atoms with Gasteiger partial charge < -0.3 is 0 Å². The lowest BCUT2D eigenvalue weighted by Crippen LogP contribution is -2.07. The fourth-order valence-electron chi connectivity index (χ4n) is 1.35. The Labute approximate surface area is 82.3 Å². The summed E-state index contributed by atoms with van der Waals surface area (Å²) in [6.45, 7) is 0. The number of carbonyl (C=O) groups excluding carboxylic acids is 1. The molecule has 0 amide bonds. The van der Waals surface area contributed by atoms with Gasteiger partial charge in [0.15, 0.2) is 5.78 Å². The summed E-state index contributed by atoms with van der Waals surface area (Å²) in [6, 6.07) is 3.71. The summed E-state index contributed by atoms with van der Waals surface area (Å²) in [6.07, 6.45) is -4.37. The highest BCUT2D eigenvalue weighted by atomic mass is 32.2. The molecule has 0 N–H and O–H groups in total. The van der Waals surface area contributed by atoms with E-state index in [-0.39, 0.29) is 22.0 Å². The van der Waals surface area contributed by atoms with Gasteiger partial charge in [0, 0.05) is 10.5 Å². The van der Waals surface area contributed by atoms with Gasteiger partial charge in [0.2, 0.25) is 0 Å². The Morgan fingerprint density at radius 3 is 2.64 bits per heavy atom. The zero-order valence-corrected chi connectivity index (χ0v) is 7.71. The van der Waals surface area contributed by atoms with E-state index in [4.69, 9.17) is 0 Å². The second-order valence-electron chi connectivity index (χ2n) is 2.89. The maximum absolute atomic E-state index is 12.4. The lowest BCUT2D eigenvalue weighted by Gasteiger charge is -2.09.